The van der Waals surface area contributed by atoms with Gasteiger partial charge in [0.25, 0.3) is 0 Å². The Hall–Kier alpha value is -3.25. The van der Waals surface area contributed by atoms with E-state index >= 15 is 0 Å². The molecule has 0 aromatic carbocycles. The molecule has 0 radical (unpaired) electrons. The van der Waals surface area contributed by atoms with E-state index in [0.717, 1.165) is 12.8 Å². The maximum Gasteiger partial charge on any atom is 0.341 e. The van der Waals surface area contributed by atoms with E-state index in [1.54, 1.807) is 6.07 Å². The molecule has 2 bridgehead atoms. The molecule has 2 aliphatic heterocycles. The van der Waals surface area contributed by atoms with Gasteiger partial charge in [-0.2, -0.15) is 5.26 Å². The van der Waals surface area contributed by atoms with Gasteiger partial charge in [-0.1, -0.05) is 0 Å². The molecule has 2 fully saturated rings. The summed E-state index contributed by atoms with van der Waals surface area (Å²) in [6.45, 7) is 0. The highest BCUT2D eigenvalue weighted by Gasteiger charge is 2.33. The highest BCUT2D eigenvalue weighted by molar-refractivity contribution is 5.96. The predicted molar refractivity (Wildman–Crippen MR) is 102 cm³/mol. The molecule has 2 saturated heterocycles. The monoisotopic (exact) mass is 379 g/mol. The van der Waals surface area contributed by atoms with Crippen LogP contribution in [0.25, 0.3) is 0 Å². The fourth-order valence-electron chi connectivity index (χ4n) is 3.89. The van der Waals surface area contributed by atoms with E-state index in [4.69, 9.17) is 10.00 Å². The highest BCUT2D eigenvalue weighted by Crippen LogP contribution is 2.30. The fraction of sp³-hybridized carbons (Fsp3) is 0.421. The van der Waals surface area contributed by atoms with Crippen LogP contribution in [0, 0.1) is 11.3 Å². The molecule has 9 nitrogen and oxygen atoms in total. The minimum atomic E-state index is -0.434. The number of hydrogen-bond acceptors (Lipinski definition) is 9. The van der Waals surface area contributed by atoms with E-state index < -0.39 is 5.97 Å². The number of pyridine rings is 1. The number of nitrogens with zero attached hydrogens (tertiary/aromatic N) is 4. The molecule has 0 spiro atoms. The molecule has 1 unspecified atom stereocenters. The zero-order valence-electron chi connectivity index (χ0n) is 15.5. The summed E-state index contributed by atoms with van der Waals surface area (Å²) in [7, 11) is 1.36. The number of carbonyl (C=O) groups excluding carboxylic acids is 1. The number of aromatic nitrogens is 3. The van der Waals surface area contributed by atoms with Gasteiger partial charge in [0.05, 0.1) is 25.2 Å². The lowest BCUT2D eigenvalue weighted by Gasteiger charge is -2.31. The second kappa shape index (κ2) is 7.78. The average molecular weight is 379 g/mol. The van der Waals surface area contributed by atoms with Crippen molar-refractivity contribution >= 4 is 23.3 Å². The zero-order chi connectivity index (χ0) is 19.5. The number of anilines is 3. The summed E-state index contributed by atoms with van der Waals surface area (Å²) in [6, 6.07) is 5.05. The quantitative estimate of drug-likeness (QED) is 0.669. The predicted octanol–water partition coefficient (Wildman–Crippen LogP) is 1.97. The Morgan fingerprint density at radius 1 is 1.18 bits per heavy atom. The van der Waals surface area contributed by atoms with Crippen molar-refractivity contribution in [3.05, 3.63) is 35.9 Å². The van der Waals surface area contributed by atoms with Crippen molar-refractivity contribution < 1.29 is 9.53 Å². The molecule has 0 saturated carbocycles. The number of esters is 1. The van der Waals surface area contributed by atoms with Gasteiger partial charge < -0.3 is 20.7 Å². The smallest absolute Gasteiger partial charge is 0.341 e. The van der Waals surface area contributed by atoms with Gasteiger partial charge in [-0.05, 0) is 25.7 Å². The number of rotatable bonds is 5. The van der Waals surface area contributed by atoms with Crippen LogP contribution in [-0.4, -0.2) is 46.2 Å². The summed E-state index contributed by atoms with van der Waals surface area (Å²) >= 11 is 0. The van der Waals surface area contributed by atoms with Crippen LogP contribution < -0.4 is 16.0 Å². The Labute approximate surface area is 162 Å². The van der Waals surface area contributed by atoms with E-state index in [9.17, 15) is 4.79 Å². The van der Waals surface area contributed by atoms with E-state index in [1.807, 2.05) is 6.07 Å². The third-order valence-electron chi connectivity index (χ3n) is 5.16. The molecule has 3 atom stereocenters. The molecule has 28 heavy (non-hydrogen) atoms. The highest BCUT2D eigenvalue weighted by atomic mass is 16.5. The van der Waals surface area contributed by atoms with Crippen LogP contribution in [0.2, 0.25) is 0 Å². The van der Waals surface area contributed by atoms with Crippen LogP contribution >= 0.6 is 0 Å². The lowest BCUT2D eigenvalue weighted by Crippen LogP contribution is -2.43. The molecule has 0 amide bonds. The molecule has 3 N–H and O–H groups in total. The largest absolute Gasteiger partial charge is 0.465 e. The van der Waals surface area contributed by atoms with Gasteiger partial charge in [0.2, 0.25) is 0 Å². The second-order valence-corrected chi connectivity index (χ2v) is 7.08. The lowest BCUT2D eigenvalue weighted by molar-refractivity contribution is 0.0601. The van der Waals surface area contributed by atoms with Gasteiger partial charge in [-0.15, -0.1) is 0 Å². The van der Waals surface area contributed by atoms with E-state index in [-0.39, 0.29) is 11.7 Å². The van der Waals surface area contributed by atoms with Crippen LogP contribution in [-0.2, 0) is 4.74 Å². The second-order valence-electron chi connectivity index (χ2n) is 7.08. The first-order valence-corrected chi connectivity index (χ1v) is 9.24. The molecule has 4 heterocycles. The molecule has 2 aromatic heterocycles. The van der Waals surface area contributed by atoms with Gasteiger partial charge in [-0.25, -0.2) is 19.7 Å². The molecular formula is C19H21N7O2. The first kappa shape index (κ1) is 18.1. The molecule has 2 aromatic rings. The zero-order valence-corrected chi connectivity index (χ0v) is 15.5. The molecular weight excluding hydrogens is 358 g/mol. The van der Waals surface area contributed by atoms with E-state index in [0.29, 0.717) is 35.0 Å². The summed E-state index contributed by atoms with van der Waals surface area (Å²) < 4.78 is 4.90. The van der Waals surface area contributed by atoms with Crippen molar-refractivity contribution in [2.75, 3.05) is 17.7 Å². The molecule has 144 valence electrons. The Morgan fingerprint density at radius 2 is 1.93 bits per heavy atom. The van der Waals surface area contributed by atoms with Crippen molar-refractivity contribution in [3.63, 3.8) is 0 Å². The van der Waals surface area contributed by atoms with Crippen LogP contribution in [0.5, 0.6) is 0 Å². The number of carbonyl (C=O) groups is 1. The minimum Gasteiger partial charge on any atom is -0.465 e. The summed E-state index contributed by atoms with van der Waals surface area (Å²) in [5, 5.41) is 19.0. The van der Waals surface area contributed by atoms with E-state index in [2.05, 4.69) is 30.9 Å². The number of fused-ring (bicyclic) bond motifs is 2. The van der Waals surface area contributed by atoms with Gasteiger partial charge in [0.1, 0.15) is 23.3 Å². The van der Waals surface area contributed by atoms with Gasteiger partial charge in [0.15, 0.2) is 5.69 Å². The van der Waals surface area contributed by atoms with Gasteiger partial charge in [0, 0.05) is 30.4 Å². The summed E-state index contributed by atoms with van der Waals surface area (Å²) in [4.78, 5) is 24.6. The van der Waals surface area contributed by atoms with Gasteiger partial charge >= 0.3 is 5.97 Å². The van der Waals surface area contributed by atoms with Crippen LogP contribution in [0.4, 0.5) is 17.3 Å². The minimum absolute atomic E-state index is 0.238. The first-order chi connectivity index (χ1) is 13.6. The molecule has 4 rings (SSSR count). The van der Waals surface area contributed by atoms with Crippen molar-refractivity contribution in [1.29, 1.82) is 5.26 Å². The molecule has 2 aliphatic rings. The third-order valence-corrected chi connectivity index (χ3v) is 5.16. The van der Waals surface area contributed by atoms with Crippen molar-refractivity contribution in [1.82, 2.24) is 20.3 Å². The van der Waals surface area contributed by atoms with Crippen LogP contribution in [0.15, 0.2) is 24.7 Å². The average Bonchev–Trinajstić information content (AvgIpc) is 3.06. The lowest BCUT2D eigenvalue weighted by atomic mass is 9.99. The number of piperidine rings is 1. The Bertz CT molecular complexity index is 897. The maximum atomic E-state index is 12.2. The molecule has 0 aliphatic carbocycles. The topological polar surface area (TPSA) is 125 Å². The van der Waals surface area contributed by atoms with E-state index in [1.165, 1.54) is 38.5 Å². The Balaban J connectivity index is 1.56. The Morgan fingerprint density at radius 3 is 2.57 bits per heavy atom. The fourth-order valence-corrected chi connectivity index (χ4v) is 3.89. The third kappa shape index (κ3) is 3.87. The van der Waals surface area contributed by atoms with Crippen LogP contribution in [0.3, 0.4) is 0 Å². The number of ether oxygens (including phenoxy) is 1. The Kier molecular flexibility index (Phi) is 5.04. The summed E-state index contributed by atoms with van der Waals surface area (Å²) in [5.41, 5.74) is 1.31. The number of nitrogens with one attached hydrogen (secondary N) is 3. The van der Waals surface area contributed by atoms with Crippen LogP contribution in [0.1, 0.15) is 41.7 Å². The summed E-state index contributed by atoms with van der Waals surface area (Å²) in [5.74, 6) is 0.547. The number of hydrogen-bond donors (Lipinski definition) is 3. The van der Waals surface area contributed by atoms with Crippen molar-refractivity contribution in [2.45, 2.75) is 43.8 Å². The standard InChI is InChI=1S/C19H21N7O2/c1-28-19(27)15-9-23-17(26-18-10-21-14(7-20)8-22-18)6-16(15)25-13-4-11-2-3-12(5-13)24-11/h6,8-13,24H,2-5H2,1H3,(H2,22,23,25,26)/t11-,12+,13?. The first-order valence-electron chi connectivity index (χ1n) is 9.24. The molecule has 9 heteroatoms. The normalized spacial score (nSPS) is 22.9. The van der Waals surface area contributed by atoms with Gasteiger partial charge in [-0.3, -0.25) is 0 Å². The van der Waals surface area contributed by atoms with Crippen molar-refractivity contribution in [3.8, 4) is 6.07 Å². The maximum absolute atomic E-state index is 12.2. The SMILES string of the molecule is COC(=O)c1cnc(Nc2cnc(C#N)cn2)cc1NC1C[C@H]2CC[C@@H](C1)N2. The van der Waals surface area contributed by atoms with Crippen molar-refractivity contribution in [2.24, 2.45) is 0 Å². The summed E-state index contributed by atoms with van der Waals surface area (Å²) in [6.07, 6.45) is 8.78. The number of nitriles is 1. The number of methoxy groups -OCH3 is 1.